The average Bonchev–Trinajstić information content (AvgIpc) is 2.45. The van der Waals surface area contributed by atoms with Crippen LogP contribution in [0.1, 0.15) is 23.2 Å². The van der Waals surface area contributed by atoms with Gasteiger partial charge in [-0.2, -0.15) is 0 Å². The van der Waals surface area contributed by atoms with Gasteiger partial charge in [0, 0.05) is 24.8 Å². The zero-order chi connectivity index (χ0) is 14.5. The number of nitrogens with one attached hydrogen (secondary N) is 1. The molecule has 1 aliphatic rings. The average molecular weight is 279 g/mol. The molecular formula is C13H17N3O4. The van der Waals surface area contributed by atoms with Crippen molar-refractivity contribution in [1.82, 2.24) is 5.32 Å². The van der Waals surface area contributed by atoms with Crippen molar-refractivity contribution in [3.05, 3.63) is 33.9 Å². The molecule has 7 heteroatoms. The molecule has 1 unspecified atom stereocenters. The highest BCUT2D eigenvalue weighted by atomic mass is 16.6. The van der Waals surface area contributed by atoms with Gasteiger partial charge >= 0.3 is 0 Å². The zero-order valence-corrected chi connectivity index (χ0v) is 11.0. The number of carbonyl (C=O) groups excluding carboxylic acids is 1. The summed E-state index contributed by atoms with van der Waals surface area (Å²) in [6.45, 7) is 1.97. The van der Waals surface area contributed by atoms with E-state index in [1.165, 1.54) is 18.2 Å². The van der Waals surface area contributed by atoms with Crippen molar-refractivity contribution in [3.63, 3.8) is 0 Å². The summed E-state index contributed by atoms with van der Waals surface area (Å²) in [5, 5.41) is 13.4. The maximum absolute atomic E-state index is 11.9. The minimum Gasteiger partial charge on any atom is -0.393 e. The Hall–Kier alpha value is -2.15. The fraction of sp³-hybridized carbons (Fsp3) is 0.462. The van der Waals surface area contributed by atoms with Gasteiger partial charge in [-0.3, -0.25) is 14.9 Å². The molecule has 1 aromatic rings. The summed E-state index contributed by atoms with van der Waals surface area (Å²) >= 11 is 0. The molecule has 1 aromatic carbocycles. The molecule has 0 radical (unpaired) electrons. The van der Waals surface area contributed by atoms with E-state index >= 15 is 0 Å². The van der Waals surface area contributed by atoms with Crippen LogP contribution in [0.25, 0.3) is 0 Å². The second-order valence-corrected chi connectivity index (χ2v) is 4.82. The number of carbonyl (C=O) groups is 1. The van der Waals surface area contributed by atoms with Gasteiger partial charge in [-0.1, -0.05) is 0 Å². The van der Waals surface area contributed by atoms with Crippen LogP contribution in [0.5, 0.6) is 0 Å². The maximum Gasteiger partial charge on any atom is 0.292 e. The van der Waals surface area contributed by atoms with Crippen molar-refractivity contribution >= 4 is 17.3 Å². The molecule has 108 valence electrons. The fourth-order valence-corrected chi connectivity index (χ4v) is 2.17. The number of anilines is 1. The zero-order valence-electron chi connectivity index (χ0n) is 11.0. The van der Waals surface area contributed by atoms with Crippen LogP contribution in [-0.2, 0) is 4.74 Å². The number of benzene rings is 1. The fourth-order valence-electron chi connectivity index (χ4n) is 2.17. The highest BCUT2D eigenvalue weighted by Gasteiger charge is 2.17. The third-order valence-corrected chi connectivity index (χ3v) is 3.29. The van der Waals surface area contributed by atoms with Gasteiger partial charge in [0.25, 0.3) is 11.6 Å². The van der Waals surface area contributed by atoms with Crippen LogP contribution in [0.4, 0.5) is 11.4 Å². The molecule has 0 saturated carbocycles. The van der Waals surface area contributed by atoms with E-state index in [4.69, 9.17) is 10.5 Å². The van der Waals surface area contributed by atoms with Gasteiger partial charge in [-0.15, -0.1) is 0 Å². The molecule has 3 N–H and O–H groups in total. The van der Waals surface area contributed by atoms with E-state index in [1.54, 1.807) is 0 Å². The first-order chi connectivity index (χ1) is 9.58. The number of nitrogen functional groups attached to an aromatic ring is 1. The van der Waals surface area contributed by atoms with Crippen molar-refractivity contribution in [2.75, 3.05) is 25.5 Å². The Morgan fingerprint density at radius 3 is 2.95 bits per heavy atom. The summed E-state index contributed by atoms with van der Waals surface area (Å²) in [7, 11) is 0. The Bertz CT molecular complexity index is 512. The number of nitro benzene ring substituents is 1. The Morgan fingerprint density at radius 1 is 1.55 bits per heavy atom. The van der Waals surface area contributed by atoms with Crippen molar-refractivity contribution in [2.24, 2.45) is 5.92 Å². The summed E-state index contributed by atoms with van der Waals surface area (Å²) in [4.78, 5) is 22.0. The molecule has 1 aliphatic heterocycles. The Balaban J connectivity index is 1.95. The van der Waals surface area contributed by atoms with E-state index in [0.29, 0.717) is 24.6 Å². The monoisotopic (exact) mass is 279 g/mol. The highest BCUT2D eigenvalue weighted by Crippen LogP contribution is 2.22. The number of hydrogen-bond acceptors (Lipinski definition) is 5. The molecular weight excluding hydrogens is 262 g/mol. The third-order valence-electron chi connectivity index (χ3n) is 3.29. The molecule has 0 aliphatic carbocycles. The van der Waals surface area contributed by atoms with E-state index < -0.39 is 4.92 Å². The molecule has 0 spiro atoms. The molecule has 1 fully saturated rings. The largest absolute Gasteiger partial charge is 0.393 e. The number of nitrogens with two attached hydrogens (primary N) is 1. The van der Waals surface area contributed by atoms with Crippen LogP contribution in [0.3, 0.4) is 0 Å². The van der Waals surface area contributed by atoms with Gasteiger partial charge in [0.05, 0.1) is 11.5 Å². The Kier molecular flexibility index (Phi) is 4.52. The van der Waals surface area contributed by atoms with Crippen molar-refractivity contribution in [2.45, 2.75) is 12.8 Å². The lowest BCUT2D eigenvalue weighted by atomic mass is 10.0. The summed E-state index contributed by atoms with van der Waals surface area (Å²) in [6.07, 6.45) is 2.04. The van der Waals surface area contributed by atoms with Gasteiger partial charge in [-0.25, -0.2) is 0 Å². The van der Waals surface area contributed by atoms with Gasteiger partial charge < -0.3 is 15.8 Å². The van der Waals surface area contributed by atoms with Crippen LogP contribution in [-0.4, -0.2) is 30.6 Å². The van der Waals surface area contributed by atoms with Crippen molar-refractivity contribution in [3.8, 4) is 0 Å². The first-order valence-corrected chi connectivity index (χ1v) is 6.48. The minimum absolute atomic E-state index is 0.0105. The molecule has 20 heavy (non-hydrogen) atoms. The summed E-state index contributed by atoms with van der Waals surface area (Å²) in [5.41, 5.74) is 5.68. The van der Waals surface area contributed by atoms with Gasteiger partial charge in [-0.05, 0) is 30.9 Å². The predicted molar refractivity (Wildman–Crippen MR) is 73.4 cm³/mol. The minimum atomic E-state index is -0.573. The number of ether oxygens (including phenoxy) is 1. The van der Waals surface area contributed by atoms with Crippen LogP contribution in [0.2, 0.25) is 0 Å². The molecule has 7 nitrogen and oxygen atoms in total. The van der Waals surface area contributed by atoms with E-state index in [0.717, 1.165) is 19.4 Å². The van der Waals surface area contributed by atoms with Gasteiger partial charge in [0.1, 0.15) is 5.69 Å². The lowest BCUT2D eigenvalue weighted by Crippen LogP contribution is -2.33. The lowest BCUT2D eigenvalue weighted by Gasteiger charge is -2.22. The van der Waals surface area contributed by atoms with Crippen molar-refractivity contribution in [1.29, 1.82) is 0 Å². The summed E-state index contributed by atoms with van der Waals surface area (Å²) < 4.78 is 5.34. The highest BCUT2D eigenvalue weighted by molar-refractivity contribution is 5.95. The number of nitrogens with zero attached hydrogens (tertiary/aromatic N) is 1. The SMILES string of the molecule is Nc1cc(C(=O)NCC2CCCOC2)ccc1[N+](=O)[O-]. The molecule has 2 rings (SSSR count). The van der Waals surface area contributed by atoms with Gasteiger partial charge in [0.2, 0.25) is 0 Å². The third kappa shape index (κ3) is 3.45. The maximum atomic E-state index is 11.9. The number of nitro groups is 1. The van der Waals surface area contributed by atoms with Crippen LogP contribution in [0, 0.1) is 16.0 Å². The second kappa shape index (κ2) is 6.33. The smallest absolute Gasteiger partial charge is 0.292 e. The van der Waals surface area contributed by atoms with Crippen LogP contribution < -0.4 is 11.1 Å². The molecule has 1 amide bonds. The normalized spacial score (nSPS) is 18.5. The number of rotatable bonds is 4. The standard InChI is InChI=1S/C13H17N3O4/c14-11-6-10(3-4-12(11)16(18)19)13(17)15-7-9-2-1-5-20-8-9/h3-4,6,9H,1-2,5,7-8,14H2,(H,15,17). The summed E-state index contributed by atoms with van der Waals surface area (Å²) in [6, 6.07) is 3.97. The Labute approximate surface area is 116 Å². The quantitative estimate of drug-likeness (QED) is 0.491. The molecule has 1 saturated heterocycles. The molecule has 1 heterocycles. The number of amides is 1. The topological polar surface area (TPSA) is 107 Å². The van der Waals surface area contributed by atoms with Crippen molar-refractivity contribution < 1.29 is 14.5 Å². The lowest BCUT2D eigenvalue weighted by molar-refractivity contribution is -0.383. The Morgan fingerprint density at radius 2 is 2.35 bits per heavy atom. The number of hydrogen-bond donors (Lipinski definition) is 2. The summed E-state index contributed by atoms with van der Waals surface area (Å²) in [5.74, 6) is 0.0419. The predicted octanol–water partition coefficient (Wildman–Crippen LogP) is 1.33. The van der Waals surface area contributed by atoms with Crippen LogP contribution >= 0.6 is 0 Å². The van der Waals surface area contributed by atoms with E-state index in [9.17, 15) is 14.9 Å². The first kappa shape index (κ1) is 14.3. The molecule has 1 atom stereocenters. The van der Waals surface area contributed by atoms with E-state index in [1.807, 2.05) is 0 Å². The van der Waals surface area contributed by atoms with Crippen LogP contribution in [0.15, 0.2) is 18.2 Å². The van der Waals surface area contributed by atoms with Gasteiger partial charge in [0.15, 0.2) is 0 Å². The van der Waals surface area contributed by atoms with E-state index in [2.05, 4.69) is 5.32 Å². The molecule has 0 bridgehead atoms. The first-order valence-electron chi connectivity index (χ1n) is 6.48. The van der Waals surface area contributed by atoms with E-state index in [-0.39, 0.29) is 17.3 Å². The second-order valence-electron chi connectivity index (χ2n) is 4.82. The molecule has 0 aromatic heterocycles.